The zero-order chi connectivity index (χ0) is 52.8. The summed E-state index contributed by atoms with van der Waals surface area (Å²) in [5, 5.41) is 48.2. The quantitative estimate of drug-likeness (QED) is 0.0256. The monoisotopic (exact) mass is 985 g/mol. The van der Waals surface area contributed by atoms with Crippen LogP contribution in [0.25, 0.3) is 0 Å². The maximum absolute atomic E-state index is 10.3. The van der Waals surface area contributed by atoms with Crippen molar-refractivity contribution < 1.29 is 45.0 Å². The van der Waals surface area contributed by atoms with E-state index in [2.05, 4.69) is 57.2 Å². The van der Waals surface area contributed by atoms with Crippen LogP contribution in [0.1, 0.15) is 311 Å². The van der Waals surface area contributed by atoms with E-state index in [-0.39, 0.29) is 19.8 Å². The van der Waals surface area contributed by atoms with Crippen LogP contribution in [-0.2, 0) is 14.4 Å². The number of carbonyl (C=O) groups is 3. The molecule has 0 spiro atoms. The summed E-state index contributed by atoms with van der Waals surface area (Å²) >= 11 is 0. The molecule has 9 nitrogen and oxygen atoms in total. The number of aliphatic hydroxyl groups is 3. The zero-order valence-electron chi connectivity index (χ0n) is 46.7. The topological polar surface area (TPSA) is 173 Å². The first kappa shape index (κ1) is 78.0. The van der Waals surface area contributed by atoms with Crippen molar-refractivity contribution in [3.8, 4) is 0 Å². The summed E-state index contributed by atoms with van der Waals surface area (Å²) in [6.45, 7) is 12.6. The number of unbranched alkanes of at least 4 members (excludes halogenated alkanes) is 33. The van der Waals surface area contributed by atoms with Crippen molar-refractivity contribution in [1.82, 2.24) is 0 Å². The molecule has 9 heteroatoms. The fraction of sp³-hybridized carbons (Fsp3) is 0.850. The van der Waals surface area contributed by atoms with Crippen LogP contribution in [-0.4, -0.2) is 68.4 Å². The van der Waals surface area contributed by atoms with E-state index in [0.717, 1.165) is 38.5 Å². The molecule has 0 aliphatic heterocycles. The molecule has 0 aromatic heterocycles. The van der Waals surface area contributed by atoms with Crippen LogP contribution >= 0.6 is 0 Å². The fourth-order valence-electron chi connectivity index (χ4n) is 7.04. The Balaban J connectivity index is -0.000000198. The first-order valence-electron chi connectivity index (χ1n) is 29.0. The van der Waals surface area contributed by atoms with Crippen molar-refractivity contribution in [1.29, 1.82) is 0 Å². The van der Waals surface area contributed by atoms with Crippen molar-refractivity contribution in [2.24, 2.45) is 0 Å². The van der Waals surface area contributed by atoms with Crippen LogP contribution in [0.5, 0.6) is 0 Å². The lowest BCUT2D eigenvalue weighted by Crippen LogP contribution is -1.93. The van der Waals surface area contributed by atoms with E-state index < -0.39 is 17.9 Å². The van der Waals surface area contributed by atoms with Gasteiger partial charge >= 0.3 is 17.9 Å². The smallest absolute Gasteiger partial charge is 0.303 e. The van der Waals surface area contributed by atoms with E-state index >= 15 is 0 Å². The minimum absolute atomic E-state index is 0.250. The van der Waals surface area contributed by atoms with Crippen LogP contribution in [0.15, 0.2) is 36.5 Å². The van der Waals surface area contributed by atoms with Gasteiger partial charge in [-0.05, 0) is 117 Å². The SMILES string of the molecule is CCCCCCCC/C=C\CCCCCCCC(=O)O.CCCCCCCC/C=C\CCCCCCCC(=O)O.CCCCCCCC/C=C\CCCCCCCC(=O)O.CCO.CCO.CCO. The second-order valence-corrected chi connectivity index (χ2v) is 18.1. The number of carboxylic acid groups (broad SMARTS) is 3. The molecule has 69 heavy (non-hydrogen) atoms. The van der Waals surface area contributed by atoms with Gasteiger partial charge in [0.25, 0.3) is 0 Å². The minimum Gasteiger partial charge on any atom is -0.481 e. The van der Waals surface area contributed by atoms with Gasteiger partial charge in [0, 0.05) is 39.1 Å². The number of rotatable bonds is 45. The van der Waals surface area contributed by atoms with E-state index in [9.17, 15) is 14.4 Å². The van der Waals surface area contributed by atoms with Crippen molar-refractivity contribution in [3.05, 3.63) is 36.5 Å². The average molecular weight is 986 g/mol. The summed E-state index contributed by atoms with van der Waals surface area (Å²) in [5.74, 6) is -1.99. The summed E-state index contributed by atoms with van der Waals surface area (Å²) in [4.78, 5) is 31.0. The predicted molar refractivity (Wildman–Crippen MR) is 300 cm³/mol. The van der Waals surface area contributed by atoms with Gasteiger partial charge in [0.1, 0.15) is 0 Å². The molecule has 6 N–H and O–H groups in total. The van der Waals surface area contributed by atoms with Gasteiger partial charge in [-0.15, -0.1) is 0 Å². The molecule has 0 rings (SSSR count). The number of aliphatic carboxylic acids is 3. The first-order chi connectivity index (χ1) is 33.6. The molecule has 0 aromatic carbocycles. The number of hydrogen-bond donors (Lipinski definition) is 6. The number of carboxylic acids is 3. The van der Waals surface area contributed by atoms with Crippen LogP contribution < -0.4 is 0 Å². The highest BCUT2D eigenvalue weighted by atomic mass is 16.4. The molecule has 0 heterocycles. The molecule has 0 unspecified atom stereocenters. The predicted octanol–water partition coefficient (Wildman–Crippen LogP) is 18.3. The summed E-state index contributed by atoms with van der Waals surface area (Å²) in [7, 11) is 0. The Labute approximate surface area is 428 Å². The highest BCUT2D eigenvalue weighted by Gasteiger charge is 1.98. The van der Waals surface area contributed by atoms with Gasteiger partial charge in [-0.2, -0.15) is 0 Å². The highest BCUT2D eigenvalue weighted by molar-refractivity contribution is 5.67. The largest absolute Gasteiger partial charge is 0.481 e. The molecule has 0 saturated carbocycles. The molecule has 0 saturated heterocycles. The Morgan fingerprint density at radius 3 is 0.522 bits per heavy atom. The van der Waals surface area contributed by atoms with Gasteiger partial charge in [0.15, 0.2) is 0 Å². The Morgan fingerprint density at radius 1 is 0.246 bits per heavy atom. The van der Waals surface area contributed by atoms with E-state index in [1.165, 1.54) is 212 Å². The molecule has 0 radical (unpaired) electrons. The van der Waals surface area contributed by atoms with E-state index in [1.54, 1.807) is 20.8 Å². The number of allylic oxidation sites excluding steroid dienone is 6. The van der Waals surface area contributed by atoms with E-state index in [4.69, 9.17) is 30.6 Å². The first-order valence-corrected chi connectivity index (χ1v) is 29.0. The molecule has 0 aliphatic carbocycles. The zero-order valence-corrected chi connectivity index (χ0v) is 46.7. The van der Waals surface area contributed by atoms with Crippen LogP contribution in [0, 0.1) is 0 Å². The third-order valence-corrected chi connectivity index (χ3v) is 11.0. The van der Waals surface area contributed by atoms with E-state index in [0.29, 0.717) is 19.3 Å². The maximum Gasteiger partial charge on any atom is 0.303 e. The Bertz CT molecular complexity index is 871. The van der Waals surface area contributed by atoms with Crippen molar-refractivity contribution in [2.45, 2.75) is 311 Å². The third-order valence-electron chi connectivity index (χ3n) is 11.0. The summed E-state index contributed by atoms with van der Waals surface area (Å²) in [5.41, 5.74) is 0. The number of hydrogen-bond acceptors (Lipinski definition) is 6. The van der Waals surface area contributed by atoms with Gasteiger partial charge in [-0.25, -0.2) is 0 Å². The second-order valence-electron chi connectivity index (χ2n) is 18.1. The molecular weight excluding hydrogens is 865 g/mol. The highest BCUT2D eigenvalue weighted by Crippen LogP contribution is 2.13. The minimum atomic E-state index is -0.664. The molecule has 0 aromatic rings. The Kier molecular flexibility index (Phi) is 93.1. The summed E-state index contributed by atoms with van der Waals surface area (Å²) in [6, 6.07) is 0. The molecule has 414 valence electrons. The lowest BCUT2D eigenvalue weighted by molar-refractivity contribution is -0.138. The molecule has 0 fully saturated rings. The van der Waals surface area contributed by atoms with Crippen LogP contribution in [0.4, 0.5) is 0 Å². The number of aliphatic hydroxyl groups excluding tert-OH is 3. The van der Waals surface area contributed by atoms with Gasteiger partial charge in [-0.1, -0.05) is 211 Å². The van der Waals surface area contributed by atoms with Crippen LogP contribution in [0.3, 0.4) is 0 Å². The maximum atomic E-state index is 10.3. The fourth-order valence-corrected chi connectivity index (χ4v) is 7.04. The van der Waals surface area contributed by atoms with Crippen LogP contribution in [0.2, 0.25) is 0 Å². The normalized spacial score (nSPS) is 10.6. The second kappa shape index (κ2) is 82.4. The summed E-state index contributed by atoms with van der Waals surface area (Å²) in [6.07, 6.45) is 63.7. The van der Waals surface area contributed by atoms with Gasteiger partial charge in [0.2, 0.25) is 0 Å². The molecular formula is C60H120O9. The molecule has 0 amide bonds. The molecule has 0 aliphatic rings. The van der Waals surface area contributed by atoms with Gasteiger partial charge in [0.05, 0.1) is 0 Å². The standard InChI is InChI=1S/3C18H34O2.3C2H6O/c3*1-2-3-4-5-6-7-8-9-10-11-12-13-14-15-16-17-18(19)20;3*1-2-3/h3*9-10H,2-8,11-17H2,1H3,(H,19,20);3*3H,2H2,1H3/b3*10-9-;;;. The Hall–Kier alpha value is -2.49. The molecule has 0 atom stereocenters. The van der Waals surface area contributed by atoms with E-state index in [1.807, 2.05) is 0 Å². The molecule has 0 bridgehead atoms. The van der Waals surface area contributed by atoms with Crippen molar-refractivity contribution in [2.75, 3.05) is 19.8 Å². The Morgan fingerprint density at radius 2 is 0.377 bits per heavy atom. The van der Waals surface area contributed by atoms with Gasteiger partial charge < -0.3 is 30.6 Å². The average Bonchev–Trinajstić information content (AvgIpc) is 3.31. The summed E-state index contributed by atoms with van der Waals surface area (Å²) < 4.78 is 0. The lowest BCUT2D eigenvalue weighted by Gasteiger charge is -1.99. The van der Waals surface area contributed by atoms with Crippen molar-refractivity contribution >= 4 is 17.9 Å². The van der Waals surface area contributed by atoms with Crippen molar-refractivity contribution in [3.63, 3.8) is 0 Å². The van der Waals surface area contributed by atoms with Gasteiger partial charge in [-0.3, -0.25) is 14.4 Å². The lowest BCUT2D eigenvalue weighted by atomic mass is 10.1. The third kappa shape index (κ3) is 112.